The molecule has 156 valence electrons. The van der Waals surface area contributed by atoms with Crippen molar-refractivity contribution in [1.29, 1.82) is 0 Å². The number of hydrogen-bond acceptors (Lipinski definition) is 5. The third-order valence-corrected chi connectivity index (χ3v) is 6.56. The average Bonchev–Trinajstić information content (AvgIpc) is 3.12. The topological polar surface area (TPSA) is 97.2 Å². The molecule has 0 spiro atoms. The van der Waals surface area contributed by atoms with Crippen LogP contribution in [0.25, 0.3) is 5.69 Å². The Hall–Kier alpha value is -3.04. The number of sulfonamides is 1. The highest BCUT2D eigenvalue weighted by molar-refractivity contribution is 7.88. The summed E-state index contributed by atoms with van der Waals surface area (Å²) >= 11 is 0. The number of carbonyl (C=O) groups excluding carboxylic acids is 1. The van der Waals surface area contributed by atoms with Crippen molar-refractivity contribution in [2.24, 2.45) is 0 Å². The van der Waals surface area contributed by atoms with Crippen LogP contribution in [0.1, 0.15) is 32.9 Å². The van der Waals surface area contributed by atoms with Crippen molar-refractivity contribution >= 4 is 15.9 Å². The number of nitrogens with one attached hydrogen (secondary N) is 1. The molecule has 1 aliphatic rings. The Kier molecular flexibility index (Phi) is 5.40. The Balaban J connectivity index is 1.58. The average molecular weight is 426 g/mol. The molecule has 2 heterocycles. The van der Waals surface area contributed by atoms with Gasteiger partial charge in [-0.3, -0.25) is 4.79 Å². The van der Waals surface area contributed by atoms with Crippen molar-refractivity contribution in [2.45, 2.75) is 26.4 Å². The Morgan fingerprint density at radius 1 is 1.13 bits per heavy atom. The van der Waals surface area contributed by atoms with Crippen LogP contribution in [0.2, 0.25) is 0 Å². The molecule has 1 aromatic heterocycles. The zero-order chi connectivity index (χ0) is 21.3. The van der Waals surface area contributed by atoms with Gasteiger partial charge in [0.2, 0.25) is 10.0 Å². The lowest BCUT2D eigenvalue weighted by Gasteiger charge is -2.28. The molecule has 0 fully saturated rings. The quantitative estimate of drug-likeness (QED) is 0.673. The number of amides is 1. The monoisotopic (exact) mass is 425 g/mol. The van der Waals surface area contributed by atoms with Gasteiger partial charge in [-0.2, -0.15) is 4.31 Å². The third-order valence-electron chi connectivity index (χ3n) is 5.31. The summed E-state index contributed by atoms with van der Waals surface area (Å²) in [4.78, 5) is 12.6. The van der Waals surface area contributed by atoms with E-state index < -0.39 is 10.0 Å². The van der Waals surface area contributed by atoms with E-state index in [4.69, 9.17) is 0 Å². The number of benzene rings is 2. The summed E-state index contributed by atoms with van der Waals surface area (Å²) in [7, 11) is -3.24. The van der Waals surface area contributed by atoms with E-state index in [1.54, 1.807) is 4.68 Å². The van der Waals surface area contributed by atoms with Gasteiger partial charge in [-0.05, 0) is 36.1 Å². The minimum atomic E-state index is -3.24. The van der Waals surface area contributed by atoms with Gasteiger partial charge in [0.1, 0.15) is 0 Å². The standard InChI is InChI=1S/C21H23N5O3S/c1-15-20(21(27)22-13-16-7-4-3-5-8-16)23-24-26(15)19-10-6-9-17-14-25(30(2,28)29)12-11-18(17)19/h3-10H,11-14H2,1-2H3,(H,22,27). The summed E-state index contributed by atoms with van der Waals surface area (Å²) < 4.78 is 26.9. The summed E-state index contributed by atoms with van der Waals surface area (Å²) in [5.74, 6) is -0.282. The van der Waals surface area contributed by atoms with E-state index in [0.29, 0.717) is 31.7 Å². The maximum atomic E-state index is 12.6. The van der Waals surface area contributed by atoms with E-state index in [-0.39, 0.29) is 11.6 Å². The first-order valence-electron chi connectivity index (χ1n) is 9.65. The first kappa shape index (κ1) is 20.2. The fourth-order valence-electron chi connectivity index (χ4n) is 3.67. The molecule has 1 N–H and O–H groups in total. The highest BCUT2D eigenvalue weighted by Crippen LogP contribution is 2.27. The lowest BCUT2D eigenvalue weighted by molar-refractivity contribution is 0.0945. The summed E-state index contributed by atoms with van der Waals surface area (Å²) in [6, 6.07) is 15.4. The van der Waals surface area contributed by atoms with E-state index in [2.05, 4.69) is 15.6 Å². The van der Waals surface area contributed by atoms with Crippen LogP contribution in [0.5, 0.6) is 0 Å². The predicted octanol–water partition coefficient (Wildman–Crippen LogP) is 1.82. The second kappa shape index (κ2) is 8.00. The summed E-state index contributed by atoms with van der Waals surface area (Å²) in [6.45, 7) is 2.97. The molecular weight excluding hydrogens is 402 g/mol. The van der Waals surface area contributed by atoms with Crippen LogP contribution in [0.4, 0.5) is 0 Å². The Labute approximate surface area is 175 Å². The molecule has 4 rings (SSSR count). The van der Waals surface area contributed by atoms with Crippen molar-refractivity contribution < 1.29 is 13.2 Å². The highest BCUT2D eigenvalue weighted by atomic mass is 32.2. The van der Waals surface area contributed by atoms with Gasteiger partial charge in [0, 0.05) is 19.6 Å². The van der Waals surface area contributed by atoms with Gasteiger partial charge in [-0.15, -0.1) is 5.10 Å². The maximum absolute atomic E-state index is 12.6. The molecule has 8 nitrogen and oxygen atoms in total. The number of fused-ring (bicyclic) bond motifs is 1. The number of rotatable bonds is 5. The minimum absolute atomic E-state index is 0.275. The van der Waals surface area contributed by atoms with Crippen molar-refractivity contribution in [3.05, 3.63) is 76.6 Å². The van der Waals surface area contributed by atoms with Gasteiger partial charge in [-0.25, -0.2) is 13.1 Å². The fourth-order valence-corrected chi connectivity index (χ4v) is 4.47. The molecule has 30 heavy (non-hydrogen) atoms. The van der Waals surface area contributed by atoms with E-state index in [1.165, 1.54) is 10.6 Å². The van der Waals surface area contributed by atoms with Gasteiger partial charge >= 0.3 is 0 Å². The predicted molar refractivity (Wildman–Crippen MR) is 113 cm³/mol. The molecule has 0 unspecified atom stereocenters. The van der Waals surface area contributed by atoms with Gasteiger partial charge in [-0.1, -0.05) is 47.7 Å². The maximum Gasteiger partial charge on any atom is 0.274 e. The van der Waals surface area contributed by atoms with Crippen LogP contribution >= 0.6 is 0 Å². The summed E-state index contributed by atoms with van der Waals surface area (Å²) in [5, 5.41) is 11.2. The lowest BCUT2D eigenvalue weighted by atomic mass is 9.99. The second-order valence-corrected chi connectivity index (χ2v) is 9.35. The van der Waals surface area contributed by atoms with E-state index in [1.807, 2.05) is 55.5 Å². The number of carbonyl (C=O) groups is 1. The molecule has 0 saturated carbocycles. The van der Waals surface area contributed by atoms with Crippen LogP contribution in [-0.2, 0) is 29.5 Å². The zero-order valence-corrected chi connectivity index (χ0v) is 17.7. The number of hydrogen-bond donors (Lipinski definition) is 1. The molecular formula is C21H23N5O3S. The van der Waals surface area contributed by atoms with Crippen molar-refractivity contribution in [2.75, 3.05) is 12.8 Å². The second-order valence-electron chi connectivity index (χ2n) is 7.36. The molecule has 0 bridgehead atoms. The van der Waals surface area contributed by atoms with Gasteiger partial charge in [0.05, 0.1) is 17.6 Å². The van der Waals surface area contributed by atoms with Crippen molar-refractivity contribution in [3.8, 4) is 5.69 Å². The minimum Gasteiger partial charge on any atom is -0.347 e. The lowest BCUT2D eigenvalue weighted by Crippen LogP contribution is -2.35. The van der Waals surface area contributed by atoms with Crippen molar-refractivity contribution in [1.82, 2.24) is 24.6 Å². The SMILES string of the molecule is Cc1c(C(=O)NCc2ccccc2)nnn1-c1cccc2c1CCN(S(C)(=O)=O)C2. The van der Waals surface area contributed by atoms with Gasteiger partial charge in [0.25, 0.3) is 5.91 Å². The third kappa shape index (κ3) is 3.99. The van der Waals surface area contributed by atoms with Crippen LogP contribution in [0, 0.1) is 6.92 Å². The van der Waals surface area contributed by atoms with Gasteiger partial charge in [0.15, 0.2) is 5.69 Å². The van der Waals surface area contributed by atoms with Crippen molar-refractivity contribution in [3.63, 3.8) is 0 Å². The summed E-state index contributed by atoms with van der Waals surface area (Å²) in [6.07, 6.45) is 1.80. The van der Waals surface area contributed by atoms with Gasteiger partial charge < -0.3 is 5.32 Å². The molecule has 2 aromatic carbocycles. The van der Waals surface area contributed by atoms with Crippen LogP contribution in [0.15, 0.2) is 48.5 Å². The largest absolute Gasteiger partial charge is 0.347 e. The first-order valence-corrected chi connectivity index (χ1v) is 11.5. The van der Waals surface area contributed by atoms with E-state index in [9.17, 15) is 13.2 Å². The molecule has 0 atom stereocenters. The number of aromatic nitrogens is 3. The fraction of sp³-hybridized carbons (Fsp3) is 0.286. The smallest absolute Gasteiger partial charge is 0.274 e. The zero-order valence-electron chi connectivity index (χ0n) is 16.9. The van der Waals surface area contributed by atoms with Crippen LogP contribution in [-0.4, -0.2) is 46.4 Å². The van der Waals surface area contributed by atoms with Crippen LogP contribution < -0.4 is 5.32 Å². The Bertz CT molecular complexity index is 1190. The molecule has 0 radical (unpaired) electrons. The van der Waals surface area contributed by atoms with E-state index in [0.717, 1.165) is 22.4 Å². The Morgan fingerprint density at radius 2 is 1.90 bits per heavy atom. The summed E-state index contributed by atoms with van der Waals surface area (Å²) in [5.41, 5.74) is 4.71. The normalized spacial score (nSPS) is 14.3. The molecule has 0 aliphatic carbocycles. The molecule has 0 saturated heterocycles. The number of nitrogens with zero attached hydrogens (tertiary/aromatic N) is 4. The molecule has 9 heteroatoms. The highest BCUT2D eigenvalue weighted by Gasteiger charge is 2.26. The molecule has 3 aromatic rings. The molecule has 1 amide bonds. The Morgan fingerprint density at radius 3 is 2.63 bits per heavy atom. The first-order chi connectivity index (χ1) is 14.3. The van der Waals surface area contributed by atoms with Crippen LogP contribution in [0.3, 0.4) is 0 Å². The van der Waals surface area contributed by atoms with E-state index >= 15 is 0 Å². The molecule has 1 aliphatic heterocycles.